The van der Waals surface area contributed by atoms with Crippen molar-refractivity contribution in [2.45, 2.75) is 6.04 Å². The highest BCUT2D eigenvalue weighted by Gasteiger charge is 2.23. The van der Waals surface area contributed by atoms with Crippen molar-refractivity contribution in [3.05, 3.63) is 89.4 Å². The Hall–Kier alpha value is -3.49. The quantitative estimate of drug-likeness (QED) is 0.567. The number of anilines is 1. The van der Waals surface area contributed by atoms with Gasteiger partial charge >= 0.3 is 0 Å². The summed E-state index contributed by atoms with van der Waals surface area (Å²) in [6.45, 7) is 2.42. The highest BCUT2D eigenvalue weighted by atomic mass is 16.1. The number of terminal acetylenes is 1. The minimum absolute atomic E-state index is 0.210. The molecule has 138 valence electrons. The van der Waals surface area contributed by atoms with Crippen LogP contribution < -0.4 is 10.2 Å². The number of carbonyl (C=O) groups is 1. The van der Waals surface area contributed by atoms with E-state index < -0.39 is 0 Å². The molecule has 2 aromatic heterocycles. The van der Waals surface area contributed by atoms with Crippen LogP contribution in [0.1, 0.15) is 33.2 Å². The topological polar surface area (TPSA) is 58.1 Å². The number of piperazine rings is 1. The predicted molar refractivity (Wildman–Crippen MR) is 109 cm³/mol. The van der Waals surface area contributed by atoms with E-state index in [9.17, 15) is 4.79 Å². The highest BCUT2D eigenvalue weighted by molar-refractivity contribution is 6.09. The molecule has 5 heteroatoms. The Morgan fingerprint density at radius 2 is 2.00 bits per heavy atom. The minimum Gasteiger partial charge on any atom is -0.353 e. The first-order valence-corrected chi connectivity index (χ1v) is 9.22. The zero-order chi connectivity index (χ0) is 19.3. The first kappa shape index (κ1) is 17.9. The lowest BCUT2D eigenvalue weighted by molar-refractivity contribution is 0.103. The second-order valence-electron chi connectivity index (χ2n) is 6.64. The third-order valence-corrected chi connectivity index (χ3v) is 4.88. The van der Waals surface area contributed by atoms with Gasteiger partial charge in [-0.25, -0.2) is 4.98 Å². The van der Waals surface area contributed by atoms with E-state index >= 15 is 0 Å². The largest absolute Gasteiger partial charge is 0.353 e. The van der Waals surface area contributed by atoms with Crippen LogP contribution in [0.15, 0.2) is 67.0 Å². The van der Waals surface area contributed by atoms with Gasteiger partial charge in [0, 0.05) is 43.6 Å². The van der Waals surface area contributed by atoms with Gasteiger partial charge in [-0.1, -0.05) is 36.3 Å². The van der Waals surface area contributed by atoms with Gasteiger partial charge in [-0.2, -0.15) is 0 Å². The smallest absolute Gasteiger partial charge is 0.214 e. The second-order valence-corrected chi connectivity index (χ2v) is 6.64. The Labute approximate surface area is 164 Å². The molecule has 0 spiro atoms. The summed E-state index contributed by atoms with van der Waals surface area (Å²) in [5.41, 5.74) is 2.50. The molecule has 0 aliphatic carbocycles. The van der Waals surface area contributed by atoms with Gasteiger partial charge in [-0.3, -0.25) is 9.78 Å². The lowest BCUT2D eigenvalue weighted by Gasteiger charge is -2.35. The molecule has 3 heterocycles. The van der Waals surface area contributed by atoms with E-state index in [-0.39, 0.29) is 11.8 Å². The van der Waals surface area contributed by atoms with Crippen LogP contribution >= 0.6 is 0 Å². The maximum Gasteiger partial charge on any atom is 0.214 e. The van der Waals surface area contributed by atoms with Gasteiger partial charge in [-0.15, -0.1) is 6.42 Å². The fourth-order valence-electron chi connectivity index (χ4n) is 3.41. The number of hydrogen-bond acceptors (Lipinski definition) is 5. The highest BCUT2D eigenvalue weighted by Crippen LogP contribution is 2.23. The average Bonchev–Trinajstić information content (AvgIpc) is 2.79. The molecule has 1 aliphatic rings. The number of hydrogen-bond donors (Lipinski definition) is 1. The van der Waals surface area contributed by atoms with Crippen molar-refractivity contribution in [3.8, 4) is 12.3 Å². The van der Waals surface area contributed by atoms with Gasteiger partial charge in [0.2, 0.25) is 5.78 Å². The van der Waals surface area contributed by atoms with Crippen LogP contribution in [0.2, 0.25) is 0 Å². The zero-order valence-electron chi connectivity index (χ0n) is 15.4. The molecule has 0 amide bonds. The number of nitrogens with one attached hydrogen (secondary N) is 1. The molecule has 1 N–H and O–H groups in total. The number of nitrogens with zero attached hydrogens (tertiary/aromatic N) is 3. The van der Waals surface area contributed by atoms with Crippen LogP contribution in [0, 0.1) is 12.3 Å². The van der Waals surface area contributed by atoms with Crippen LogP contribution in [-0.2, 0) is 0 Å². The van der Waals surface area contributed by atoms with Crippen LogP contribution in [0.5, 0.6) is 0 Å². The monoisotopic (exact) mass is 368 g/mol. The maximum atomic E-state index is 12.9. The van der Waals surface area contributed by atoms with Gasteiger partial charge in [0.1, 0.15) is 11.5 Å². The van der Waals surface area contributed by atoms with Crippen LogP contribution in [0.25, 0.3) is 0 Å². The number of ketones is 1. The Kier molecular flexibility index (Phi) is 5.14. The van der Waals surface area contributed by atoms with E-state index in [0.717, 1.165) is 25.5 Å². The molecule has 0 radical (unpaired) electrons. The number of aromatic nitrogens is 2. The van der Waals surface area contributed by atoms with Crippen molar-refractivity contribution >= 4 is 11.6 Å². The van der Waals surface area contributed by atoms with Crippen molar-refractivity contribution in [1.82, 2.24) is 15.3 Å². The van der Waals surface area contributed by atoms with E-state index in [1.807, 2.05) is 24.3 Å². The summed E-state index contributed by atoms with van der Waals surface area (Å²) >= 11 is 0. The van der Waals surface area contributed by atoms with Gasteiger partial charge in [0.25, 0.3) is 0 Å². The Morgan fingerprint density at radius 1 is 1.14 bits per heavy atom. The van der Waals surface area contributed by atoms with E-state index in [2.05, 4.69) is 38.2 Å². The Balaban J connectivity index is 1.63. The van der Waals surface area contributed by atoms with Gasteiger partial charge < -0.3 is 10.2 Å². The molecule has 28 heavy (non-hydrogen) atoms. The summed E-state index contributed by atoms with van der Waals surface area (Å²) in [5, 5.41) is 3.54. The van der Waals surface area contributed by atoms with Crippen LogP contribution in [-0.4, -0.2) is 35.4 Å². The molecule has 1 fully saturated rings. The second kappa shape index (κ2) is 8.03. The molecular weight excluding hydrogens is 348 g/mol. The minimum atomic E-state index is -0.211. The Morgan fingerprint density at radius 3 is 2.75 bits per heavy atom. The van der Waals surface area contributed by atoms with Crippen molar-refractivity contribution in [1.29, 1.82) is 0 Å². The summed E-state index contributed by atoms with van der Waals surface area (Å²) < 4.78 is 0. The fourth-order valence-corrected chi connectivity index (χ4v) is 3.41. The molecule has 5 nitrogen and oxygen atoms in total. The van der Waals surface area contributed by atoms with E-state index in [1.165, 1.54) is 11.8 Å². The summed E-state index contributed by atoms with van der Waals surface area (Å²) in [4.78, 5) is 23.8. The first-order valence-electron chi connectivity index (χ1n) is 9.22. The van der Waals surface area contributed by atoms with E-state index in [4.69, 9.17) is 6.42 Å². The fraction of sp³-hybridized carbons (Fsp3) is 0.174. The summed E-state index contributed by atoms with van der Waals surface area (Å²) in [6, 6.07) is 17.7. The van der Waals surface area contributed by atoms with Crippen molar-refractivity contribution in [2.75, 3.05) is 24.5 Å². The van der Waals surface area contributed by atoms with Crippen molar-refractivity contribution in [2.24, 2.45) is 0 Å². The molecule has 1 atom stereocenters. The molecule has 0 saturated carbocycles. The zero-order valence-corrected chi connectivity index (χ0v) is 15.4. The number of pyridine rings is 2. The third-order valence-electron chi connectivity index (χ3n) is 4.88. The van der Waals surface area contributed by atoms with Gasteiger partial charge in [-0.05, 0) is 29.8 Å². The van der Waals surface area contributed by atoms with Gasteiger partial charge in [0.05, 0.1) is 5.56 Å². The molecular formula is C23H20N4O. The maximum absolute atomic E-state index is 12.9. The van der Waals surface area contributed by atoms with Crippen molar-refractivity contribution in [3.63, 3.8) is 0 Å². The standard InChI is InChI=1S/C23H20N4O/c1-2-17-10-11-21(26-22(17)23(28)19-9-6-12-24-15-19)27-14-13-25-20(16-27)18-7-4-3-5-8-18/h1,3-12,15,20,25H,13-14,16H2. The summed E-state index contributed by atoms with van der Waals surface area (Å²) in [5.74, 6) is 3.12. The average molecular weight is 368 g/mol. The molecule has 4 rings (SSSR count). The summed E-state index contributed by atoms with van der Waals surface area (Å²) in [7, 11) is 0. The SMILES string of the molecule is C#Cc1ccc(N2CCNC(c3ccccc3)C2)nc1C(=O)c1cccnc1. The predicted octanol–water partition coefficient (Wildman–Crippen LogP) is 2.84. The lowest BCUT2D eigenvalue weighted by atomic mass is 10.0. The molecule has 1 aliphatic heterocycles. The molecule has 3 aromatic rings. The molecule has 1 aromatic carbocycles. The number of carbonyl (C=O) groups excluding carboxylic acids is 1. The molecule has 1 saturated heterocycles. The number of rotatable bonds is 4. The number of benzene rings is 1. The normalized spacial score (nSPS) is 16.4. The first-order chi connectivity index (χ1) is 13.8. The van der Waals surface area contributed by atoms with Crippen LogP contribution in [0.4, 0.5) is 5.82 Å². The lowest BCUT2D eigenvalue weighted by Crippen LogP contribution is -2.46. The molecule has 0 bridgehead atoms. The van der Waals surface area contributed by atoms with E-state index in [1.54, 1.807) is 24.4 Å². The van der Waals surface area contributed by atoms with Crippen LogP contribution in [0.3, 0.4) is 0 Å². The van der Waals surface area contributed by atoms with Crippen molar-refractivity contribution < 1.29 is 4.79 Å². The molecule has 1 unspecified atom stereocenters. The Bertz CT molecular complexity index is 1010. The van der Waals surface area contributed by atoms with E-state index in [0.29, 0.717) is 16.8 Å². The summed E-state index contributed by atoms with van der Waals surface area (Å²) in [6.07, 6.45) is 8.78. The third kappa shape index (κ3) is 3.64. The van der Waals surface area contributed by atoms with Gasteiger partial charge in [0.15, 0.2) is 0 Å².